The third-order valence-electron chi connectivity index (χ3n) is 3.00. The first-order chi connectivity index (χ1) is 8.11. The van der Waals surface area contributed by atoms with Crippen molar-refractivity contribution < 1.29 is 4.39 Å². The Labute approximate surface area is 100 Å². The maximum absolute atomic E-state index is 13.2. The van der Waals surface area contributed by atoms with Crippen molar-refractivity contribution in [1.29, 1.82) is 0 Å². The van der Waals surface area contributed by atoms with Gasteiger partial charge in [0, 0.05) is 11.5 Å². The second kappa shape index (κ2) is 4.65. The molecule has 0 unspecified atom stereocenters. The Bertz CT molecular complexity index is 519. The van der Waals surface area contributed by atoms with Crippen LogP contribution in [0.4, 0.5) is 4.39 Å². The maximum Gasteiger partial charge on any atom is 0.181 e. The number of hydrogen-bond donors (Lipinski definition) is 1. The largest absolute Gasteiger partial charge is 0.262 e. The Morgan fingerprint density at radius 1 is 1.41 bits per heavy atom. The van der Waals surface area contributed by atoms with Gasteiger partial charge in [0.05, 0.1) is 0 Å². The fourth-order valence-corrected chi connectivity index (χ4v) is 1.60. The van der Waals surface area contributed by atoms with Crippen molar-refractivity contribution in [1.82, 2.24) is 15.2 Å². The summed E-state index contributed by atoms with van der Waals surface area (Å²) < 4.78 is 13.2. The molecule has 0 radical (unpaired) electrons. The van der Waals surface area contributed by atoms with Crippen LogP contribution in [-0.2, 0) is 0 Å². The highest BCUT2D eigenvalue weighted by Gasteiger charge is 2.11. The molecule has 1 aromatic heterocycles. The Morgan fingerprint density at radius 3 is 2.82 bits per heavy atom. The topological polar surface area (TPSA) is 41.6 Å². The quantitative estimate of drug-likeness (QED) is 0.882. The van der Waals surface area contributed by atoms with Gasteiger partial charge in [0.15, 0.2) is 5.82 Å². The van der Waals surface area contributed by atoms with Crippen LogP contribution >= 0.6 is 0 Å². The maximum atomic E-state index is 13.2. The molecule has 1 atom stereocenters. The van der Waals surface area contributed by atoms with Crippen molar-refractivity contribution in [2.75, 3.05) is 0 Å². The third-order valence-corrected chi connectivity index (χ3v) is 3.00. The summed E-state index contributed by atoms with van der Waals surface area (Å²) in [6.07, 6.45) is 1.01. The smallest absolute Gasteiger partial charge is 0.181 e. The molecule has 0 fully saturated rings. The molecular formula is C13H16FN3. The molecule has 0 bridgehead atoms. The average Bonchev–Trinajstić information content (AvgIpc) is 2.81. The number of aryl methyl sites for hydroxylation is 1. The fourth-order valence-electron chi connectivity index (χ4n) is 1.60. The van der Waals surface area contributed by atoms with E-state index in [-0.39, 0.29) is 5.82 Å². The molecule has 1 N–H and O–H groups in total. The summed E-state index contributed by atoms with van der Waals surface area (Å²) >= 11 is 0. The van der Waals surface area contributed by atoms with Crippen molar-refractivity contribution in [2.45, 2.75) is 33.1 Å². The first kappa shape index (κ1) is 11.8. The lowest BCUT2D eigenvalue weighted by Crippen LogP contribution is -1.93. The molecule has 0 aliphatic rings. The highest BCUT2D eigenvalue weighted by Crippen LogP contribution is 2.21. The summed E-state index contributed by atoms with van der Waals surface area (Å²) in [5, 5.41) is 7.10. The lowest BCUT2D eigenvalue weighted by Gasteiger charge is -2.01. The minimum Gasteiger partial charge on any atom is -0.262 e. The molecule has 0 amide bonds. The predicted octanol–water partition coefficient (Wildman–Crippen LogP) is 3.43. The van der Waals surface area contributed by atoms with E-state index in [0.29, 0.717) is 17.3 Å². The third kappa shape index (κ3) is 2.35. The molecule has 3 nitrogen and oxygen atoms in total. The zero-order valence-corrected chi connectivity index (χ0v) is 10.3. The van der Waals surface area contributed by atoms with Crippen LogP contribution in [0, 0.1) is 12.7 Å². The van der Waals surface area contributed by atoms with E-state index in [4.69, 9.17) is 0 Å². The standard InChI is InChI=1S/C13H16FN3/c1-4-8(2)12-15-13(17-16-12)10-5-6-11(14)9(3)7-10/h5-8H,4H2,1-3H3,(H,15,16,17)/t8-/m1/s1. The van der Waals surface area contributed by atoms with Crippen molar-refractivity contribution >= 4 is 0 Å². The number of nitrogens with zero attached hydrogens (tertiary/aromatic N) is 2. The number of H-pyrrole nitrogens is 1. The SMILES string of the molecule is CC[C@@H](C)c1nc(-c2ccc(F)c(C)c2)n[nH]1. The van der Waals surface area contributed by atoms with E-state index in [2.05, 4.69) is 29.0 Å². The molecule has 4 heteroatoms. The Kier molecular flexibility index (Phi) is 3.22. The summed E-state index contributed by atoms with van der Waals surface area (Å²) in [6.45, 7) is 5.94. The minimum atomic E-state index is -0.202. The van der Waals surface area contributed by atoms with E-state index in [9.17, 15) is 4.39 Å². The van der Waals surface area contributed by atoms with Gasteiger partial charge in [0.1, 0.15) is 11.6 Å². The molecule has 0 aliphatic heterocycles. The molecule has 1 aromatic carbocycles. The molecule has 0 spiro atoms. The second-order valence-electron chi connectivity index (χ2n) is 4.32. The second-order valence-corrected chi connectivity index (χ2v) is 4.32. The summed E-state index contributed by atoms with van der Waals surface area (Å²) in [5.41, 5.74) is 1.45. The molecular weight excluding hydrogens is 217 g/mol. The Morgan fingerprint density at radius 2 is 2.18 bits per heavy atom. The first-order valence-corrected chi connectivity index (χ1v) is 5.80. The van der Waals surface area contributed by atoms with Crippen LogP contribution in [0.25, 0.3) is 11.4 Å². The van der Waals surface area contributed by atoms with Crippen molar-refractivity contribution in [2.24, 2.45) is 0 Å². The minimum absolute atomic E-state index is 0.202. The average molecular weight is 233 g/mol. The predicted molar refractivity (Wildman–Crippen MR) is 65.2 cm³/mol. The lowest BCUT2D eigenvalue weighted by molar-refractivity contribution is 0.618. The summed E-state index contributed by atoms with van der Waals surface area (Å²) in [4.78, 5) is 4.43. The monoisotopic (exact) mass is 233 g/mol. The van der Waals surface area contributed by atoms with Gasteiger partial charge < -0.3 is 0 Å². The molecule has 17 heavy (non-hydrogen) atoms. The molecule has 1 heterocycles. The van der Waals surface area contributed by atoms with Crippen molar-refractivity contribution in [3.63, 3.8) is 0 Å². The van der Waals surface area contributed by atoms with Crippen LogP contribution in [0.1, 0.15) is 37.6 Å². The highest BCUT2D eigenvalue weighted by atomic mass is 19.1. The van der Waals surface area contributed by atoms with Gasteiger partial charge in [-0.3, -0.25) is 5.10 Å². The number of rotatable bonds is 3. The molecule has 2 aromatic rings. The molecule has 0 saturated heterocycles. The van der Waals surface area contributed by atoms with Crippen LogP contribution < -0.4 is 0 Å². The normalized spacial score (nSPS) is 12.7. The molecule has 0 saturated carbocycles. The summed E-state index contributed by atoms with van der Waals surface area (Å²) in [7, 11) is 0. The number of nitrogens with one attached hydrogen (secondary N) is 1. The molecule has 0 aliphatic carbocycles. The van der Waals surface area contributed by atoms with Gasteiger partial charge in [0.25, 0.3) is 0 Å². The van der Waals surface area contributed by atoms with Gasteiger partial charge in [0.2, 0.25) is 0 Å². The van der Waals surface area contributed by atoms with Crippen LogP contribution in [0.15, 0.2) is 18.2 Å². The molecule has 90 valence electrons. The number of hydrogen-bond acceptors (Lipinski definition) is 2. The van der Waals surface area contributed by atoms with Gasteiger partial charge >= 0.3 is 0 Å². The summed E-state index contributed by atoms with van der Waals surface area (Å²) in [5.74, 6) is 1.66. The van der Waals surface area contributed by atoms with Crippen molar-refractivity contribution in [3.8, 4) is 11.4 Å². The van der Waals surface area contributed by atoms with Crippen LogP contribution in [0.5, 0.6) is 0 Å². The number of halogens is 1. The van der Waals surface area contributed by atoms with E-state index in [0.717, 1.165) is 17.8 Å². The van der Waals surface area contributed by atoms with Crippen molar-refractivity contribution in [3.05, 3.63) is 35.4 Å². The lowest BCUT2D eigenvalue weighted by atomic mass is 10.1. The van der Waals surface area contributed by atoms with E-state index >= 15 is 0 Å². The van der Waals surface area contributed by atoms with Gasteiger partial charge in [-0.2, -0.15) is 5.10 Å². The number of aromatic amines is 1. The number of benzene rings is 1. The van der Waals surface area contributed by atoms with E-state index in [1.807, 2.05) is 0 Å². The van der Waals surface area contributed by atoms with Crippen LogP contribution in [0.3, 0.4) is 0 Å². The zero-order chi connectivity index (χ0) is 12.4. The van der Waals surface area contributed by atoms with E-state index in [1.54, 1.807) is 19.1 Å². The number of aromatic nitrogens is 3. The zero-order valence-electron chi connectivity index (χ0n) is 10.3. The first-order valence-electron chi connectivity index (χ1n) is 5.80. The Hall–Kier alpha value is -1.71. The Balaban J connectivity index is 2.33. The van der Waals surface area contributed by atoms with E-state index < -0.39 is 0 Å². The van der Waals surface area contributed by atoms with E-state index in [1.165, 1.54) is 6.07 Å². The van der Waals surface area contributed by atoms with Gasteiger partial charge in [-0.15, -0.1) is 0 Å². The highest BCUT2D eigenvalue weighted by molar-refractivity contribution is 5.55. The van der Waals surface area contributed by atoms with Gasteiger partial charge in [-0.1, -0.05) is 13.8 Å². The van der Waals surface area contributed by atoms with Crippen LogP contribution in [-0.4, -0.2) is 15.2 Å². The fraction of sp³-hybridized carbons (Fsp3) is 0.385. The van der Waals surface area contributed by atoms with Gasteiger partial charge in [-0.25, -0.2) is 9.37 Å². The van der Waals surface area contributed by atoms with Gasteiger partial charge in [-0.05, 0) is 37.1 Å². The van der Waals surface area contributed by atoms with Crippen LogP contribution in [0.2, 0.25) is 0 Å². The molecule has 2 rings (SSSR count). The summed E-state index contributed by atoms with van der Waals surface area (Å²) in [6, 6.07) is 4.91.